The molecule has 10 heteroatoms. The zero-order valence-electron chi connectivity index (χ0n) is 17.2. The third-order valence-corrected chi connectivity index (χ3v) is 6.19. The number of carboxylic acid groups (broad SMARTS) is 1. The van der Waals surface area contributed by atoms with Gasteiger partial charge < -0.3 is 14.3 Å². The molecule has 4 rings (SSSR count). The Labute approximate surface area is 211 Å². The van der Waals surface area contributed by atoms with Gasteiger partial charge in [0.15, 0.2) is 0 Å². The number of rotatable bonds is 8. The zero-order chi connectivity index (χ0) is 24.1. The first-order chi connectivity index (χ1) is 16.4. The molecular formula is C24H15BrClFN2O4S. The molecule has 0 saturated heterocycles. The first kappa shape index (κ1) is 24.0. The van der Waals surface area contributed by atoms with Gasteiger partial charge in [-0.3, -0.25) is 0 Å². The van der Waals surface area contributed by atoms with Gasteiger partial charge >= 0.3 is 5.97 Å². The summed E-state index contributed by atoms with van der Waals surface area (Å²) in [5.74, 6) is -0.622. The second kappa shape index (κ2) is 10.9. The van der Waals surface area contributed by atoms with Crippen LogP contribution in [0.15, 0.2) is 85.7 Å². The fraction of sp³-hybridized carbons (Fsp3) is 0.0417. The molecule has 4 aromatic rings. The molecule has 1 N–H and O–H groups in total. The van der Waals surface area contributed by atoms with Crippen LogP contribution in [0.3, 0.4) is 0 Å². The van der Waals surface area contributed by atoms with Crippen molar-refractivity contribution < 1.29 is 23.4 Å². The van der Waals surface area contributed by atoms with Gasteiger partial charge in [-0.05, 0) is 93.4 Å². The van der Waals surface area contributed by atoms with Crippen molar-refractivity contribution in [1.29, 1.82) is 0 Å². The fourth-order valence-electron chi connectivity index (χ4n) is 2.81. The number of aliphatic carboxylic acids is 1. The lowest BCUT2D eigenvalue weighted by Gasteiger charge is -2.09. The van der Waals surface area contributed by atoms with E-state index in [1.54, 1.807) is 54.6 Å². The van der Waals surface area contributed by atoms with E-state index in [4.69, 9.17) is 20.8 Å². The number of halogens is 3. The van der Waals surface area contributed by atoms with Crippen molar-refractivity contribution in [2.45, 2.75) is 11.8 Å². The summed E-state index contributed by atoms with van der Waals surface area (Å²) in [5, 5.41) is 18.2. The summed E-state index contributed by atoms with van der Waals surface area (Å²) in [7, 11) is 0. The lowest BCUT2D eigenvalue weighted by Crippen LogP contribution is -1.98. The Morgan fingerprint density at radius 1 is 1.12 bits per heavy atom. The van der Waals surface area contributed by atoms with Gasteiger partial charge in [0, 0.05) is 10.6 Å². The Hall–Kier alpha value is -3.14. The Kier molecular flexibility index (Phi) is 7.66. The lowest BCUT2D eigenvalue weighted by molar-refractivity contribution is -0.131. The summed E-state index contributed by atoms with van der Waals surface area (Å²) in [6.07, 6.45) is 1.49. The molecule has 0 saturated carbocycles. The second-order valence-corrected chi connectivity index (χ2v) is 9.18. The van der Waals surface area contributed by atoms with Gasteiger partial charge in [0.1, 0.15) is 23.1 Å². The normalized spacial score (nSPS) is 11.4. The molecule has 0 aliphatic carbocycles. The van der Waals surface area contributed by atoms with Crippen molar-refractivity contribution in [1.82, 2.24) is 10.2 Å². The van der Waals surface area contributed by atoms with E-state index >= 15 is 0 Å². The van der Waals surface area contributed by atoms with Gasteiger partial charge in [-0.2, -0.15) is 0 Å². The van der Waals surface area contributed by atoms with Gasteiger partial charge in [0.2, 0.25) is 5.89 Å². The smallest absolute Gasteiger partial charge is 0.342 e. The van der Waals surface area contributed by atoms with Crippen LogP contribution in [-0.4, -0.2) is 21.3 Å². The molecule has 0 aliphatic heterocycles. The van der Waals surface area contributed by atoms with Crippen LogP contribution in [0.5, 0.6) is 5.75 Å². The van der Waals surface area contributed by atoms with E-state index in [-0.39, 0.29) is 28.4 Å². The Bertz CT molecular complexity index is 1340. The summed E-state index contributed by atoms with van der Waals surface area (Å²) >= 11 is 10.2. The minimum absolute atomic E-state index is 0.00168. The second-order valence-electron chi connectivity index (χ2n) is 6.90. The topological polar surface area (TPSA) is 85.5 Å². The first-order valence-corrected chi connectivity index (χ1v) is 11.8. The van der Waals surface area contributed by atoms with Crippen LogP contribution in [0.25, 0.3) is 17.5 Å². The third kappa shape index (κ3) is 6.25. The molecule has 0 atom stereocenters. The highest BCUT2D eigenvalue weighted by Gasteiger charge is 2.16. The van der Waals surface area contributed by atoms with Crippen molar-refractivity contribution in [3.05, 3.63) is 98.1 Å². The number of aromatic nitrogens is 2. The van der Waals surface area contributed by atoms with E-state index in [9.17, 15) is 14.3 Å². The number of thioether (sulfide) groups is 1. The van der Waals surface area contributed by atoms with E-state index < -0.39 is 5.97 Å². The maximum absolute atomic E-state index is 13.0. The SMILES string of the molecule is O=C(O)/C(=C/c1ccc(OCc2ccc(F)cc2)c(Br)c1)Sc1nnc(-c2ccc(Cl)cc2)o1. The van der Waals surface area contributed by atoms with Crippen molar-refractivity contribution >= 4 is 51.3 Å². The van der Waals surface area contributed by atoms with Crippen LogP contribution < -0.4 is 4.74 Å². The van der Waals surface area contributed by atoms with E-state index in [0.717, 1.165) is 17.3 Å². The number of hydrogen-bond acceptors (Lipinski definition) is 6. The highest BCUT2D eigenvalue weighted by Crippen LogP contribution is 2.32. The largest absolute Gasteiger partial charge is 0.488 e. The zero-order valence-corrected chi connectivity index (χ0v) is 20.4. The van der Waals surface area contributed by atoms with Gasteiger partial charge in [0.05, 0.1) is 4.47 Å². The maximum atomic E-state index is 13.0. The van der Waals surface area contributed by atoms with Crippen molar-refractivity contribution in [3.63, 3.8) is 0 Å². The quantitative estimate of drug-likeness (QED) is 0.182. The number of hydrogen-bond donors (Lipinski definition) is 1. The van der Waals surface area contributed by atoms with Gasteiger partial charge in [-0.1, -0.05) is 29.8 Å². The lowest BCUT2D eigenvalue weighted by atomic mass is 10.2. The van der Waals surface area contributed by atoms with E-state index in [1.165, 1.54) is 18.2 Å². The average molecular weight is 562 g/mol. The molecule has 172 valence electrons. The van der Waals surface area contributed by atoms with Crippen LogP contribution in [0.2, 0.25) is 5.02 Å². The minimum Gasteiger partial charge on any atom is -0.488 e. The summed E-state index contributed by atoms with van der Waals surface area (Å²) in [6.45, 7) is 0.261. The summed E-state index contributed by atoms with van der Waals surface area (Å²) in [6, 6.07) is 18.1. The standard InChI is InChI=1S/C24H15BrClFN2O4S/c25-19-11-15(3-10-20(19)32-13-14-1-8-18(27)9-2-14)12-21(23(30)31)34-24-29-28-22(33-24)16-4-6-17(26)7-5-16/h1-12H,13H2,(H,30,31)/b21-12-. The number of ether oxygens (including phenoxy) is 1. The summed E-state index contributed by atoms with van der Waals surface area (Å²) in [4.78, 5) is 11.8. The summed E-state index contributed by atoms with van der Waals surface area (Å²) in [5.41, 5.74) is 2.12. The maximum Gasteiger partial charge on any atom is 0.342 e. The average Bonchev–Trinajstić information content (AvgIpc) is 3.28. The molecule has 0 unspecified atom stereocenters. The number of nitrogens with zero attached hydrogens (tertiary/aromatic N) is 2. The molecule has 0 aliphatic rings. The summed E-state index contributed by atoms with van der Waals surface area (Å²) < 4.78 is 25.0. The van der Waals surface area contributed by atoms with Gasteiger partial charge in [-0.15, -0.1) is 10.2 Å². The van der Waals surface area contributed by atoms with E-state index in [0.29, 0.717) is 26.4 Å². The van der Waals surface area contributed by atoms with E-state index in [2.05, 4.69) is 26.1 Å². The van der Waals surface area contributed by atoms with Crippen LogP contribution in [0, 0.1) is 5.82 Å². The van der Waals surface area contributed by atoms with Crippen LogP contribution >= 0.6 is 39.3 Å². The Morgan fingerprint density at radius 3 is 2.53 bits per heavy atom. The molecule has 0 amide bonds. The van der Waals surface area contributed by atoms with Gasteiger partial charge in [0.25, 0.3) is 5.22 Å². The van der Waals surface area contributed by atoms with Crippen molar-refractivity contribution in [2.24, 2.45) is 0 Å². The minimum atomic E-state index is -1.14. The molecule has 3 aromatic carbocycles. The van der Waals surface area contributed by atoms with Crippen LogP contribution in [-0.2, 0) is 11.4 Å². The fourth-order valence-corrected chi connectivity index (χ4v) is 4.12. The Morgan fingerprint density at radius 2 is 1.85 bits per heavy atom. The molecule has 1 heterocycles. The third-order valence-electron chi connectivity index (χ3n) is 4.47. The molecule has 0 bridgehead atoms. The highest BCUT2D eigenvalue weighted by atomic mass is 79.9. The molecule has 34 heavy (non-hydrogen) atoms. The van der Waals surface area contributed by atoms with Crippen molar-refractivity contribution in [3.8, 4) is 17.2 Å². The highest BCUT2D eigenvalue weighted by molar-refractivity contribution is 9.10. The number of carboxylic acids is 1. The predicted octanol–water partition coefficient (Wildman–Crippen LogP) is 7.09. The molecule has 6 nitrogen and oxygen atoms in total. The van der Waals surface area contributed by atoms with Crippen LogP contribution in [0.4, 0.5) is 4.39 Å². The van der Waals surface area contributed by atoms with Crippen LogP contribution in [0.1, 0.15) is 11.1 Å². The molecule has 0 radical (unpaired) electrons. The predicted molar refractivity (Wildman–Crippen MR) is 131 cm³/mol. The molecule has 0 spiro atoms. The monoisotopic (exact) mass is 560 g/mol. The number of carbonyl (C=O) groups is 1. The van der Waals surface area contributed by atoms with Gasteiger partial charge in [-0.25, -0.2) is 9.18 Å². The molecule has 0 fully saturated rings. The molecule has 1 aromatic heterocycles. The van der Waals surface area contributed by atoms with E-state index in [1.807, 2.05) is 0 Å². The van der Waals surface area contributed by atoms with Crippen molar-refractivity contribution in [2.75, 3.05) is 0 Å². The first-order valence-electron chi connectivity index (χ1n) is 9.76. The Balaban J connectivity index is 1.47. The molecular weight excluding hydrogens is 547 g/mol. The number of benzene rings is 3.